The second-order valence-electron chi connectivity index (χ2n) is 7.44. The summed E-state index contributed by atoms with van der Waals surface area (Å²) in [6.07, 6.45) is 7.38. The summed E-state index contributed by atoms with van der Waals surface area (Å²) in [5.41, 5.74) is 0.776. The van der Waals surface area contributed by atoms with E-state index in [1.165, 1.54) is 16.3 Å². The fourth-order valence-electron chi connectivity index (χ4n) is 3.51. The Morgan fingerprint density at radius 3 is 2.68 bits per heavy atom. The number of nitrogens with zero attached hydrogens (tertiary/aromatic N) is 1. The number of rotatable bonds is 8. The Morgan fingerprint density at radius 1 is 1.19 bits per heavy atom. The van der Waals surface area contributed by atoms with Crippen LogP contribution in [0.15, 0.2) is 34.7 Å². The highest BCUT2D eigenvalue weighted by molar-refractivity contribution is 7.89. The molecule has 0 radical (unpaired) electrons. The Hall–Kier alpha value is -2.30. The third-order valence-electron chi connectivity index (χ3n) is 5.25. The molecule has 1 saturated heterocycles. The molecule has 0 atom stereocenters. The summed E-state index contributed by atoms with van der Waals surface area (Å²) < 4.78 is 50.8. The lowest BCUT2D eigenvalue weighted by molar-refractivity contribution is -0.124. The molecule has 2 aliphatic rings. The molecular formula is C21H27FN2O6S. The number of amides is 1. The number of allylic oxidation sites excluding steroid dienone is 1. The number of hydrogen-bond acceptors (Lipinski definition) is 6. The maximum absolute atomic E-state index is 14.1. The Labute approximate surface area is 181 Å². The number of benzene rings is 1. The minimum atomic E-state index is -3.89. The summed E-state index contributed by atoms with van der Waals surface area (Å²) >= 11 is 0. The molecule has 1 N–H and O–H groups in total. The third-order valence-corrected chi connectivity index (χ3v) is 7.15. The molecule has 1 aliphatic heterocycles. The summed E-state index contributed by atoms with van der Waals surface area (Å²) in [5.74, 6) is -2.51. The second-order valence-corrected chi connectivity index (χ2v) is 9.38. The molecule has 0 aromatic heterocycles. The first-order valence-corrected chi connectivity index (χ1v) is 11.8. The molecule has 1 aromatic carbocycles. The van der Waals surface area contributed by atoms with E-state index < -0.39 is 39.9 Å². The van der Waals surface area contributed by atoms with Crippen molar-refractivity contribution in [3.05, 3.63) is 41.2 Å². The molecular weight excluding hydrogens is 427 g/mol. The van der Waals surface area contributed by atoms with Crippen molar-refractivity contribution in [2.75, 3.05) is 39.5 Å². The van der Waals surface area contributed by atoms with Gasteiger partial charge in [-0.1, -0.05) is 11.6 Å². The van der Waals surface area contributed by atoms with Gasteiger partial charge in [0.25, 0.3) is 5.91 Å². The summed E-state index contributed by atoms with van der Waals surface area (Å²) in [7, 11) is -3.89. The minimum Gasteiger partial charge on any atom is -0.452 e. The number of carbonyl (C=O) groups is 2. The lowest BCUT2D eigenvalue weighted by Crippen LogP contribution is -2.40. The quantitative estimate of drug-likeness (QED) is 0.476. The van der Waals surface area contributed by atoms with Crippen LogP contribution >= 0.6 is 0 Å². The van der Waals surface area contributed by atoms with Crippen molar-refractivity contribution in [1.29, 1.82) is 0 Å². The molecule has 31 heavy (non-hydrogen) atoms. The molecule has 0 bridgehead atoms. The van der Waals surface area contributed by atoms with E-state index in [0.717, 1.165) is 43.9 Å². The lowest BCUT2D eigenvalue weighted by Gasteiger charge is -2.26. The average Bonchev–Trinajstić information content (AvgIpc) is 2.79. The zero-order valence-electron chi connectivity index (χ0n) is 17.3. The van der Waals surface area contributed by atoms with E-state index in [0.29, 0.717) is 6.54 Å². The summed E-state index contributed by atoms with van der Waals surface area (Å²) in [4.78, 5) is 24.0. The molecule has 1 amide bonds. The minimum absolute atomic E-state index is 0.177. The Kier molecular flexibility index (Phi) is 8.16. The molecule has 1 fully saturated rings. The molecule has 8 nitrogen and oxygen atoms in total. The standard InChI is InChI=1S/C21H27FN2O6S/c22-19-7-6-17(31(27,28)24-10-12-29-13-11-24)14-18(19)21(26)30-15-20(25)23-9-8-16-4-2-1-3-5-16/h4,6-7,14H,1-3,5,8-13,15H2,(H,23,25). The van der Waals surface area contributed by atoms with Crippen LogP contribution in [0.4, 0.5) is 4.39 Å². The SMILES string of the molecule is O=C(COC(=O)c1cc(S(=O)(=O)N2CCOCC2)ccc1F)NCCC1=CCCCC1. The van der Waals surface area contributed by atoms with Crippen LogP contribution < -0.4 is 5.32 Å². The fraction of sp³-hybridized carbons (Fsp3) is 0.524. The molecule has 3 rings (SSSR count). The highest BCUT2D eigenvalue weighted by atomic mass is 32.2. The van der Waals surface area contributed by atoms with Crippen molar-refractivity contribution in [2.24, 2.45) is 0 Å². The number of hydrogen-bond donors (Lipinski definition) is 1. The van der Waals surface area contributed by atoms with Gasteiger partial charge in [-0.25, -0.2) is 17.6 Å². The van der Waals surface area contributed by atoms with E-state index in [9.17, 15) is 22.4 Å². The van der Waals surface area contributed by atoms with Gasteiger partial charge >= 0.3 is 5.97 Å². The zero-order chi connectivity index (χ0) is 22.3. The second kappa shape index (κ2) is 10.8. The summed E-state index contributed by atoms with van der Waals surface area (Å²) in [6, 6.07) is 2.95. The van der Waals surface area contributed by atoms with Gasteiger partial charge in [0, 0.05) is 19.6 Å². The van der Waals surface area contributed by atoms with Gasteiger partial charge in [-0.3, -0.25) is 4.79 Å². The van der Waals surface area contributed by atoms with Crippen molar-refractivity contribution in [3.63, 3.8) is 0 Å². The normalized spacial score (nSPS) is 17.6. The summed E-state index contributed by atoms with van der Waals surface area (Å²) in [5, 5.41) is 2.66. The molecule has 0 spiro atoms. The van der Waals surface area contributed by atoms with Gasteiger partial charge in [-0.15, -0.1) is 0 Å². The van der Waals surface area contributed by atoms with E-state index in [1.807, 2.05) is 0 Å². The molecule has 1 aliphatic carbocycles. The van der Waals surface area contributed by atoms with Crippen molar-refractivity contribution >= 4 is 21.9 Å². The maximum atomic E-state index is 14.1. The monoisotopic (exact) mass is 454 g/mol. The van der Waals surface area contributed by atoms with Crippen LogP contribution in [-0.4, -0.2) is 64.1 Å². The van der Waals surface area contributed by atoms with Crippen LogP contribution in [0.2, 0.25) is 0 Å². The van der Waals surface area contributed by atoms with Gasteiger partial charge in [0.05, 0.1) is 23.7 Å². The van der Waals surface area contributed by atoms with Gasteiger partial charge in [0.2, 0.25) is 10.0 Å². The molecule has 10 heteroatoms. The van der Waals surface area contributed by atoms with Gasteiger partial charge in [-0.05, 0) is 50.3 Å². The number of halogens is 1. The molecule has 1 heterocycles. The largest absolute Gasteiger partial charge is 0.452 e. The molecule has 1 aromatic rings. The maximum Gasteiger partial charge on any atom is 0.341 e. The number of carbonyl (C=O) groups excluding carboxylic acids is 2. The Morgan fingerprint density at radius 2 is 1.97 bits per heavy atom. The first-order chi connectivity index (χ1) is 14.9. The fourth-order valence-corrected chi connectivity index (χ4v) is 4.95. The number of nitrogens with one attached hydrogen (secondary N) is 1. The van der Waals surface area contributed by atoms with Crippen molar-refractivity contribution in [1.82, 2.24) is 9.62 Å². The van der Waals surface area contributed by atoms with Crippen LogP contribution in [0.3, 0.4) is 0 Å². The molecule has 170 valence electrons. The predicted octanol–water partition coefficient (Wildman–Crippen LogP) is 2.01. The number of esters is 1. The van der Waals surface area contributed by atoms with E-state index in [4.69, 9.17) is 9.47 Å². The van der Waals surface area contributed by atoms with Crippen LogP contribution in [0.5, 0.6) is 0 Å². The highest BCUT2D eigenvalue weighted by Gasteiger charge is 2.28. The van der Waals surface area contributed by atoms with Gasteiger partial charge < -0.3 is 14.8 Å². The van der Waals surface area contributed by atoms with E-state index in [-0.39, 0.29) is 31.2 Å². The Bertz CT molecular complexity index is 941. The number of morpholine rings is 1. The smallest absolute Gasteiger partial charge is 0.341 e. The van der Waals surface area contributed by atoms with Gasteiger partial charge in [0.1, 0.15) is 5.82 Å². The van der Waals surface area contributed by atoms with Crippen LogP contribution in [-0.2, 0) is 24.3 Å². The van der Waals surface area contributed by atoms with Crippen LogP contribution in [0.25, 0.3) is 0 Å². The van der Waals surface area contributed by atoms with Crippen molar-refractivity contribution < 1.29 is 31.9 Å². The first-order valence-electron chi connectivity index (χ1n) is 10.4. The third kappa shape index (κ3) is 6.34. The topological polar surface area (TPSA) is 102 Å². The van der Waals surface area contributed by atoms with Crippen LogP contribution in [0, 0.1) is 5.82 Å². The van der Waals surface area contributed by atoms with E-state index >= 15 is 0 Å². The number of ether oxygens (including phenoxy) is 2. The van der Waals surface area contributed by atoms with Crippen molar-refractivity contribution in [3.8, 4) is 0 Å². The first kappa shape index (κ1) is 23.4. The highest BCUT2D eigenvalue weighted by Crippen LogP contribution is 2.21. The van der Waals surface area contributed by atoms with E-state index in [2.05, 4.69) is 11.4 Å². The zero-order valence-corrected chi connectivity index (χ0v) is 18.1. The average molecular weight is 455 g/mol. The predicted molar refractivity (Wildman–Crippen MR) is 110 cm³/mol. The lowest BCUT2D eigenvalue weighted by atomic mass is 9.97. The summed E-state index contributed by atoms with van der Waals surface area (Å²) in [6.45, 7) is 0.748. The van der Waals surface area contributed by atoms with Crippen LogP contribution in [0.1, 0.15) is 42.5 Å². The molecule has 0 unspecified atom stereocenters. The van der Waals surface area contributed by atoms with E-state index in [1.54, 1.807) is 0 Å². The van der Waals surface area contributed by atoms with Gasteiger partial charge in [0.15, 0.2) is 6.61 Å². The Balaban J connectivity index is 1.55. The molecule has 0 saturated carbocycles. The van der Waals surface area contributed by atoms with Gasteiger partial charge in [-0.2, -0.15) is 4.31 Å². The number of sulfonamides is 1. The van der Waals surface area contributed by atoms with Crippen molar-refractivity contribution in [2.45, 2.75) is 37.0 Å².